The minimum atomic E-state index is 0.433. The summed E-state index contributed by atoms with van der Waals surface area (Å²) in [6.07, 6.45) is 3.62. The molecule has 0 bridgehead atoms. The van der Waals surface area contributed by atoms with Crippen LogP contribution in [0.2, 0.25) is 10.0 Å². The van der Waals surface area contributed by atoms with Crippen molar-refractivity contribution in [1.82, 2.24) is 14.4 Å². The molecule has 0 atom stereocenters. The van der Waals surface area contributed by atoms with Crippen molar-refractivity contribution in [3.05, 3.63) is 63.6 Å². The maximum atomic E-state index is 6.18. The number of ether oxygens (including phenoxy) is 2. The van der Waals surface area contributed by atoms with E-state index in [2.05, 4.69) is 9.97 Å². The first-order chi connectivity index (χ1) is 13.5. The van der Waals surface area contributed by atoms with E-state index in [1.165, 1.54) is 0 Å². The molecule has 0 spiro atoms. The number of H-pyrrole nitrogens is 1. The molecule has 4 aromatic rings. The van der Waals surface area contributed by atoms with Gasteiger partial charge in [0.25, 0.3) is 0 Å². The molecule has 0 fully saturated rings. The molecule has 2 aromatic carbocycles. The van der Waals surface area contributed by atoms with Gasteiger partial charge in [0, 0.05) is 29.1 Å². The molecule has 28 heavy (non-hydrogen) atoms. The summed E-state index contributed by atoms with van der Waals surface area (Å²) < 4.78 is 13.2. The third-order valence-electron chi connectivity index (χ3n) is 4.44. The number of nitrogens with one attached hydrogen (secondary N) is 1. The maximum Gasteiger partial charge on any atom is 0.205 e. The lowest BCUT2D eigenvalue weighted by atomic mass is 10.1. The molecule has 0 aliphatic rings. The zero-order chi connectivity index (χ0) is 19.8. The Morgan fingerprint density at radius 1 is 1.00 bits per heavy atom. The van der Waals surface area contributed by atoms with E-state index in [-0.39, 0.29) is 0 Å². The number of hydrogen-bond acceptors (Lipinski definition) is 4. The third kappa shape index (κ3) is 3.24. The Hall–Kier alpha value is -2.54. The van der Waals surface area contributed by atoms with Crippen LogP contribution in [0, 0.1) is 4.77 Å². The molecule has 8 heteroatoms. The largest absolute Gasteiger partial charge is 0.497 e. The Morgan fingerprint density at radius 3 is 2.54 bits per heavy atom. The van der Waals surface area contributed by atoms with E-state index >= 15 is 0 Å². The van der Waals surface area contributed by atoms with E-state index in [4.69, 9.17) is 44.9 Å². The monoisotopic (exact) mass is 431 g/mol. The molecule has 0 unspecified atom stereocenters. The Balaban J connectivity index is 1.97. The van der Waals surface area contributed by atoms with Crippen LogP contribution < -0.4 is 9.47 Å². The Kier molecular flexibility index (Phi) is 5.02. The normalized spacial score (nSPS) is 11.0. The fraction of sp³-hybridized carbons (Fsp3) is 0.100. The lowest BCUT2D eigenvalue weighted by Crippen LogP contribution is -1.95. The van der Waals surface area contributed by atoms with Crippen molar-refractivity contribution in [3.8, 4) is 33.9 Å². The Bertz CT molecular complexity index is 1250. The number of aromatic nitrogens is 3. The average Bonchev–Trinajstić information content (AvgIpc) is 3.16. The van der Waals surface area contributed by atoms with Gasteiger partial charge in [-0.05, 0) is 42.5 Å². The smallest absolute Gasteiger partial charge is 0.205 e. The van der Waals surface area contributed by atoms with Crippen molar-refractivity contribution >= 4 is 41.1 Å². The summed E-state index contributed by atoms with van der Waals surface area (Å²) in [5, 5.41) is 0.982. The molecule has 0 aliphatic heterocycles. The molecule has 0 aliphatic carbocycles. The topological polar surface area (TPSA) is 51.6 Å². The molecule has 0 radical (unpaired) electrons. The summed E-state index contributed by atoms with van der Waals surface area (Å²) in [6.45, 7) is 0. The number of hydrogen-bond donors (Lipinski definition) is 1. The zero-order valence-electron chi connectivity index (χ0n) is 15.0. The van der Waals surface area contributed by atoms with Gasteiger partial charge in [-0.15, -0.1) is 0 Å². The first kappa shape index (κ1) is 18.8. The van der Waals surface area contributed by atoms with Crippen molar-refractivity contribution in [3.63, 3.8) is 0 Å². The van der Waals surface area contributed by atoms with E-state index in [1.54, 1.807) is 32.5 Å². The molecule has 1 N–H and O–H groups in total. The summed E-state index contributed by atoms with van der Waals surface area (Å²) in [5.74, 6) is 1.42. The number of fused-ring (bicyclic) bond motifs is 1. The fourth-order valence-electron chi connectivity index (χ4n) is 3.04. The van der Waals surface area contributed by atoms with Gasteiger partial charge in [0.2, 0.25) is 4.77 Å². The van der Waals surface area contributed by atoms with Crippen LogP contribution in [0.3, 0.4) is 0 Å². The number of methoxy groups -OCH3 is 2. The standard InChI is InChI=1S/C20H15Cl2N3O2S/c1-26-12-4-6-18(27-2)13(8-12)14-9-23-20(28)25-10-17(24-19(14)25)11-3-5-15(21)16(22)7-11/h3-10,24H,1-2H3. The molecule has 5 nitrogen and oxygen atoms in total. The van der Waals surface area contributed by atoms with Gasteiger partial charge in [0.05, 0.1) is 30.0 Å². The predicted octanol–water partition coefficient (Wildman–Crippen LogP) is 6.05. The minimum absolute atomic E-state index is 0.433. The summed E-state index contributed by atoms with van der Waals surface area (Å²) in [7, 11) is 3.25. The quantitative estimate of drug-likeness (QED) is 0.399. The van der Waals surface area contributed by atoms with Crippen LogP contribution >= 0.6 is 35.4 Å². The summed E-state index contributed by atoms with van der Waals surface area (Å²) >= 11 is 17.6. The molecule has 4 rings (SSSR count). The number of halogens is 2. The highest BCUT2D eigenvalue weighted by Gasteiger charge is 2.15. The van der Waals surface area contributed by atoms with Gasteiger partial charge < -0.3 is 14.5 Å². The summed E-state index contributed by atoms with van der Waals surface area (Å²) in [4.78, 5) is 7.78. The second-order valence-electron chi connectivity index (χ2n) is 6.04. The SMILES string of the molecule is COc1ccc(OC)c(-c2cnc(=S)n3cc(-c4ccc(Cl)c(Cl)c4)[nH]c23)c1. The van der Waals surface area contributed by atoms with Gasteiger partial charge in [-0.3, -0.25) is 4.40 Å². The van der Waals surface area contributed by atoms with Crippen LogP contribution in [0.4, 0.5) is 0 Å². The average molecular weight is 432 g/mol. The number of benzene rings is 2. The molecule has 0 saturated carbocycles. The molecular weight excluding hydrogens is 417 g/mol. The Morgan fingerprint density at radius 2 is 1.82 bits per heavy atom. The van der Waals surface area contributed by atoms with Gasteiger partial charge in [0.1, 0.15) is 17.1 Å². The molecule has 142 valence electrons. The highest BCUT2D eigenvalue weighted by Crippen LogP contribution is 2.36. The van der Waals surface area contributed by atoms with Gasteiger partial charge in [-0.25, -0.2) is 4.98 Å². The van der Waals surface area contributed by atoms with Crippen LogP contribution in [0.15, 0.2) is 48.8 Å². The molecule has 2 aromatic heterocycles. The second kappa shape index (κ2) is 7.47. The van der Waals surface area contributed by atoms with E-state index < -0.39 is 0 Å². The van der Waals surface area contributed by atoms with E-state index in [1.807, 2.05) is 34.9 Å². The van der Waals surface area contributed by atoms with Gasteiger partial charge >= 0.3 is 0 Å². The maximum absolute atomic E-state index is 6.18. The second-order valence-corrected chi connectivity index (χ2v) is 7.22. The predicted molar refractivity (Wildman–Crippen MR) is 114 cm³/mol. The Labute approximate surface area is 176 Å². The first-order valence-corrected chi connectivity index (χ1v) is 9.46. The third-order valence-corrected chi connectivity index (χ3v) is 5.49. The van der Waals surface area contributed by atoms with E-state index in [0.29, 0.717) is 26.3 Å². The number of rotatable bonds is 4. The first-order valence-electron chi connectivity index (χ1n) is 8.30. The van der Waals surface area contributed by atoms with Crippen LogP contribution in [0.1, 0.15) is 0 Å². The number of nitrogens with zero attached hydrogens (tertiary/aromatic N) is 2. The van der Waals surface area contributed by atoms with E-state index in [9.17, 15) is 0 Å². The van der Waals surface area contributed by atoms with Crippen molar-refractivity contribution in [2.45, 2.75) is 0 Å². The van der Waals surface area contributed by atoms with Crippen LogP contribution in [-0.2, 0) is 0 Å². The van der Waals surface area contributed by atoms with Gasteiger partial charge in [-0.1, -0.05) is 29.3 Å². The summed E-state index contributed by atoms with van der Waals surface area (Å²) in [6, 6.07) is 11.1. The van der Waals surface area contributed by atoms with Crippen LogP contribution in [0.25, 0.3) is 28.0 Å². The van der Waals surface area contributed by atoms with Crippen molar-refractivity contribution in [1.29, 1.82) is 0 Å². The molecular formula is C20H15Cl2N3O2S. The molecule has 0 saturated heterocycles. The van der Waals surface area contributed by atoms with Crippen molar-refractivity contribution in [2.75, 3.05) is 14.2 Å². The fourth-order valence-corrected chi connectivity index (χ4v) is 3.53. The molecule has 2 heterocycles. The van der Waals surface area contributed by atoms with Crippen LogP contribution in [-0.4, -0.2) is 28.6 Å². The lowest BCUT2D eigenvalue weighted by Gasteiger charge is -2.11. The van der Waals surface area contributed by atoms with Crippen molar-refractivity contribution in [2.24, 2.45) is 0 Å². The highest BCUT2D eigenvalue weighted by molar-refractivity contribution is 7.71. The minimum Gasteiger partial charge on any atom is -0.497 e. The van der Waals surface area contributed by atoms with E-state index in [0.717, 1.165) is 28.0 Å². The van der Waals surface area contributed by atoms with Crippen molar-refractivity contribution < 1.29 is 9.47 Å². The van der Waals surface area contributed by atoms with Gasteiger partial charge in [0.15, 0.2) is 0 Å². The highest BCUT2D eigenvalue weighted by atomic mass is 35.5. The zero-order valence-corrected chi connectivity index (χ0v) is 17.3. The van der Waals surface area contributed by atoms with Gasteiger partial charge in [-0.2, -0.15) is 0 Å². The van der Waals surface area contributed by atoms with Crippen LogP contribution in [0.5, 0.6) is 11.5 Å². The molecule has 0 amide bonds. The summed E-state index contributed by atoms with van der Waals surface area (Å²) in [5.41, 5.74) is 4.17. The lowest BCUT2D eigenvalue weighted by molar-refractivity contribution is 0.404. The number of imidazole rings is 1. The number of aromatic amines is 1.